The van der Waals surface area contributed by atoms with Crippen LogP contribution in [0.25, 0.3) is 0 Å². The number of morpholine rings is 1. The minimum Gasteiger partial charge on any atom is -0.382 e. The molecule has 0 aromatic heterocycles. The van der Waals surface area contributed by atoms with Crippen LogP contribution in [0, 0.1) is 5.82 Å². The topological polar surface area (TPSA) is 63.2 Å². The quantitative estimate of drug-likeness (QED) is 0.793. The highest BCUT2D eigenvalue weighted by Crippen LogP contribution is 2.17. The van der Waals surface area contributed by atoms with Gasteiger partial charge in [0.15, 0.2) is 0 Å². The minimum absolute atomic E-state index is 0.155. The van der Waals surface area contributed by atoms with Crippen molar-refractivity contribution in [2.45, 2.75) is 18.9 Å². The molecule has 24 heavy (non-hydrogen) atoms. The van der Waals surface area contributed by atoms with Crippen LogP contribution in [-0.2, 0) is 14.4 Å². The molecular formula is C17H22FN3O3. The molecule has 1 aromatic carbocycles. The Labute approximate surface area is 140 Å². The molecule has 1 saturated heterocycles. The van der Waals surface area contributed by atoms with Crippen LogP contribution in [0.2, 0.25) is 0 Å². The lowest BCUT2D eigenvalue weighted by atomic mass is 10.0. The molecule has 1 aromatic rings. The number of amides is 1. The number of hydrogen-bond acceptors (Lipinski definition) is 5. The van der Waals surface area contributed by atoms with Gasteiger partial charge < -0.3 is 14.9 Å². The Hall–Kier alpha value is -1.99. The first-order valence-electron chi connectivity index (χ1n) is 8.29. The van der Waals surface area contributed by atoms with Crippen molar-refractivity contribution in [1.29, 1.82) is 0 Å². The molecule has 130 valence electrons. The minimum atomic E-state index is -0.603. The number of ether oxygens (including phenoxy) is 1. The summed E-state index contributed by atoms with van der Waals surface area (Å²) in [4.78, 5) is 19.7. The fourth-order valence-electron chi connectivity index (χ4n) is 2.78. The molecule has 0 unspecified atom stereocenters. The SMILES string of the molecule is O=C(NCCCN1CCOCC1)[C@@H]1CC(c2ccc(F)cc2)=NO1. The first kappa shape index (κ1) is 16.9. The van der Waals surface area contributed by atoms with Crippen molar-refractivity contribution in [2.24, 2.45) is 5.16 Å². The second kappa shape index (κ2) is 8.21. The van der Waals surface area contributed by atoms with Crippen LogP contribution in [0.5, 0.6) is 0 Å². The number of nitrogens with zero attached hydrogens (tertiary/aromatic N) is 2. The van der Waals surface area contributed by atoms with E-state index in [1.807, 2.05) is 0 Å². The number of nitrogens with one attached hydrogen (secondary N) is 1. The molecule has 1 amide bonds. The second-order valence-electron chi connectivity index (χ2n) is 5.94. The monoisotopic (exact) mass is 335 g/mol. The molecule has 1 N–H and O–H groups in total. The van der Waals surface area contributed by atoms with E-state index < -0.39 is 6.10 Å². The Balaban J connectivity index is 1.37. The van der Waals surface area contributed by atoms with E-state index in [0.717, 1.165) is 44.8 Å². The first-order valence-corrected chi connectivity index (χ1v) is 8.29. The van der Waals surface area contributed by atoms with Crippen molar-refractivity contribution in [3.63, 3.8) is 0 Å². The third-order valence-corrected chi connectivity index (χ3v) is 4.19. The number of oxime groups is 1. The molecule has 0 aliphatic carbocycles. The van der Waals surface area contributed by atoms with Gasteiger partial charge >= 0.3 is 0 Å². The number of halogens is 1. The normalized spacial score (nSPS) is 21.2. The van der Waals surface area contributed by atoms with Crippen LogP contribution >= 0.6 is 0 Å². The van der Waals surface area contributed by atoms with Crippen LogP contribution in [0.15, 0.2) is 29.4 Å². The van der Waals surface area contributed by atoms with Crippen molar-refractivity contribution in [3.8, 4) is 0 Å². The summed E-state index contributed by atoms with van der Waals surface area (Å²) in [6, 6.07) is 6.02. The summed E-state index contributed by atoms with van der Waals surface area (Å²) in [6.45, 7) is 5.04. The largest absolute Gasteiger partial charge is 0.382 e. The van der Waals surface area contributed by atoms with Crippen molar-refractivity contribution < 1.29 is 18.8 Å². The van der Waals surface area contributed by atoms with Crippen LogP contribution in [0.1, 0.15) is 18.4 Å². The molecule has 1 fully saturated rings. The summed E-state index contributed by atoms with van der Waals surface area (Å²) >= 11 is 0. The molecule has 6 nitrogen and oxygen atoms in total. The highest BCUT2D eigenvalue weighted by molar-refractivity contribution is 6.04. The van der Waals surface area contributed by atoms with Gasteiger partial charge in [0.25, 0.3) is 5.91 Å². The zero-order valence-electron chi connectivity index (χ0n) is 13.5. The molecule has 7 heteroatoms. The highest BCUT2D eigenvalue weighted by Gasteiger charge is 2.28. The smallest absolute Gasteiger partial charge is 0.264 e. The number of rotatable bonds is 6. The number of carbonyl (C=O) groups excluding carboxylic acids is 1. The van der Waals surface area contributed by atoms with Crippen LogP contribution < -0.4 is 5.32 Å². The van der Waals surface area contributed by atoms with Crippen molar-refractivity contribution in [2.75, 3.05) is 39.4 Å². The third kappa shape index (κ3) is 4.52. The molecule has 2 aliphatic heterocycles. The highest BCUT2D eigenvalue weighted by atomic mass is 19.1. The molecule has 2 heterocycles. The van der Waals surface area contributed by atoms with E-state index in [9.17, 15) is 9.18 Å². The predicted molar refractivity (Wildman–Crippen MR) is 87.3 cm³/mol. The molecule has 2 aliphatic rings. The summed E-state index contributed by atoms with van der Waals surface area (Å²) in [5, 5.41) is 6.84. The van der Waals surface area contributed by atoms with Crippen LogP contribution in [-0.4, -0.2) is 62.0 Å². The summed E-state index contributed by atoms with van der Waals surface area (Å²) in [7, 11) is 0. The van der Waals surface area contributed by atoms with Gasteiger partial charge in [-0.1, -0.05) is 17.3 Å². The molecule has 0 saturated carbocycles. The summed E-state index contributed by atoms with van der Waals surface area (Å²) in [5.41, 5.74) is 1.45. The van der Waals surface area contributed by atoms with E-state index in [4.69, 9.17) is 9.57 Å². The van der Waals surface area contributed by atoms with Gasteiger partial charge in [-0.2, -0.15) is 0 Å². The Kier molecular flexibility index (Phi) is 5.77. The maximum atomic E-state index is 12.9. The standard InChI is InChI=1S/C17H22FN3O3/c18-14-4-2-13(3-5-14)15-12-16(24-20-15)17(22)19-6-1-7-21-8-10-23-11-9-21/h2-5,16H,1,6-12H2,(H,19,22)/t16-/m0/s1. The van der Waals surface area contributed by atoms with E-state index in [2.05, 4.69) is 15.4 Å². The molecule has 0 radical (unpaired) electrons. The van der Waals surface area contributed by atoms with Gasteiger partial charge in [0.2, 0.25) is 6.10 Å². The predicted octanol–water partition coefficient (Wildman–Crippen LogP) is 1.16. The first-order chi connectivity index (χ1) is 11.7. The Morgan fingerprint density at radius 1 is 1.29 bits per heavy atom. The van der Waals surface area contributed by atoms with E-state index in [-0.39, 0.29) is 11.7 Å². The summed E-state index contributed by atoms with van der Waals surface area (Å²) < 4.78 is 18.2. The molecular weight excluding hydrogens is 313 g/mol. The van der Waals surface area contributed by atoms with Gasteiger partial charge in [0.1, 0.15) is 5.82 Å². The maximum Gasteiger partial charge on any atom is 0.264 e. The number of carbonyl (C=O) groups is 1. The average Bonchev–Trinajstić information content (AvgIpc) is 3.10. The second-order valence-corrected chi connectivity index (χ2v) is 5.94. The van der Waals surface area contributed by atoms with E-state index in [1.165, 1.54) is 12.1 Å². The lowest BCUT2D eigenvalue weighted by molar-refractivity contribution is -0.131. The molecule has 0 bridgehead atoms. The fraction of sp³-hybridized carbons (Fsp3) is 0.529. The zero-order chi connectivity index (χ0) is 16.8. The molecule has 0 spiro atoms. The Morgan fingerprint density at radius 2 is 2.04 bits per heavy atom. The van der Waals surface area contributed by atoms with E-state index >= 15 is 0 Å². The maximum absolute atomic E-state index is 12.9. The van der Waals surface area contributed by atoms with Gasteiger partial charge in [-0.25, -0.2) is 4.39 Å². The van der Waals surface area contributed by atoms with Gasteiger partial charge in [0.05, 0.1) is 18.9 Å². The fourth-order valence-corrected chi connectivity index (χ4v) is 2.78. The molecule has 3 rings (SSSR count). The van der Waals surface area contributed by atoms with Gasteiger partial charge in [-0.05, 0) is 30.7 Å². The van der Waals surface area contributed by atoms with Crippen LogP contribution in [0.4, 0.5) is 4.39 Å². The van der Waals surface area contributed by atoms with E-state index in [1.54, 1.807) is 12.1 Å². The average molecular weight is 335 g/mol. The van der Waals surface area contributed by atoms with Gasteiger partial charge in [-0.15, -0.1) is 0 Å². The Bertz CT molecular complexity index is 585. The van der Waals surface area contributed by atoms with Gasteiger partial charge in [0, 0.05) is 26.1 Å². The summed E-state index contributed by atoms with van der Waals surface area (Å²) in [5.74, 6) is -0.453. The van der Waals surface area contributed by atoms with Crippen LogP contribution in [0.3, 0.4) is 0 Å². The van der Waals surface area contributed by atoms with Crippen molar-refractivity contribution >= 4 is 11.6 Å². The lowest BCUT2D eigenvalue weighted by Crippen LogP contribution is -2.39. The van der Waals surface area contributed by atoms with Gasteiger partial charge in [-0.3, -0.25) is 9.69 Å². The number of hydrogen-bond donors (Lipinski definition) is 1. The van der Waals surface area contributed by atoms with Crippen molar-refractivity contribution in [3.05, 3.63) is 35.6 Å². The number of benzene rings is 1. The van der Waals surface area contributed by atoms with Crippen molar-refractivity contribution in [1.82, 2.24) is 10.2 Å². The molecule has 1 atom stereocenters. The third-order valence-electron chi connectivity index (χ3n) is 4.19. The lowest BCUT2D eigenvalue weighted by Gasteiger charge is -2.26. The Morgan fingerprint density at radius 3 is 2.79 bits per heavy atom. The zero-order valence-corrected chi connectivity index (χ0v) is 13.5. The summed E-state index contributed by atoms with van der Waals surface area (Å²) in [6.07, 6.45) is 0.693. The van der Waals surface area contributed by atoms with E-state index in [0.29, 0.717) is 18.7 Å².